The van der Waals surface area contributed by atoms with Crippen molar-refractivity contribution in [2.45, 2.75) is 25.2 Å². The van der Waals surface area contributed by atoms with Gasteiger partial charge in [0.1, 0.15) is 5.01 Å². The largest absolute Gasteiger partial charge is 0.369 e. The van der Waals surface area contributed by atoms with E-state index in [0.717, 1.165) is 11.4 Å². The summed E-state index contributed by atoms with van der Waals surface area (Å²) in [5.74, 6) is -0.0864. The summed E-state index contributed by atoms with van der Waals surface area (Å²) in [5, 5.41) is 12.2. The number of thioether (sulfide) groups is 1. The van der Waals surface area contributed by atoms with Crippen LogP contribution in [0, 0.1) is 5.92 Å². The van der Waals surface area contributed by atoms with Crippen molar-refractivity contribution < 1.29 is 9.59 Å². The number of rotatable bonds is 7. The predicted molar refractivity (Wildman–Crippen MR) is 92.8 cm³/mol. The number of nitrogens with zero attached hydrogens (tertiary/aromatic N) is 2. The number of nitrogens with two attached hydrogens (primary N) is 1. The molecule has 122 valence electrons. The van der Waals surface area contributed by atoms with Crippen LogP contribution in [0.4, 0.5) is 5.13 Å². The Morgan fingerprint density at radius 2 is 2.04 bits per heavy atom. The summed E-state index contributed by atoms with van der Waals surface area (Å²) < 4.78 is 0. The molecule has 0 fully saturated rings. The number of hydrogen-bond donors (Lipinski definition) is 2. The first-order chi connectivity index (χ1) is 11.0. The second-order valence-electron chi connectivity index (χ2n) is 5.30. The topological polar surface area (TPSA) is 98.0 Å². The van der Waals surface area contributed by atoms with Crippen LogP contribution in [0.2, 0.25) is 0 Å². The Balaban J connectivity index is 2.08. The first kappa shape index (κ1) is 17.4. The summed E-state index contributed by atoms with van der Waals surface area (Å²) in [6, 6.07) is 7.07. The Kier molecular flexibility index (Phi) is 6.12. The number of primary amides is 1. The normalized spacial score (nSPS) is 10.7. The van der Waals surface area contributed by atoms with Gasteiger partial charge in [-0.15, -0.1) is 22.0 Å². The van der Waals surface area contributed by atoms with Crippen LogP contribution < -0.4 is 11.1 Å². The molecule has 23 heavy (non-hydrogen) atoms. The van der Waals surface area contributed by atoms with E-state index in [1.807, 2.05) is 6.07 Å². The van der Waals surface area contributed by atoms with Gasteiger partial charge in [0, 0.05) is 11.3 Å². The zero-order valence-corrected chi connectivity index (χ0v) is 14.5. The van der Waals surface area contributed by atoms with Gasteiger partial charge in [0.15, 0.2) is 0 Å². The van der Waals surface area contributed by atoms with Crippen LogP contribution >= 0.6 is 23.1 Å². The molecule has 0 aliphatic rings. The number of hydrogen-bond acceptors (Lipinski definition) is 6. The number of aromatic nitrogens is 2. The van der Waals surface area contributed by atoms with Crippen molar-refractivity contribution in [3.05, 3.63) is 34.8 Å². The molecule has 2 aromatic rings. The molecule has 2 rings (SSSR count). The highest BCUT2D eigenvalue weighted by atomic mass is 32.2. The fraction of sp³-hybridized carbons (Fsp3) is 0.333. The molecule has 1 aromatic carbocycles. The van der Waals surface area contributed by atoms with Gasteiger partial charge in [0.05, 0.1) is 11.3 Å². The maximum atomic E-state index is 12.4. The van der Waals surface area contributed by atoms with Gasteiger partial charge in [-0.2, -0.15) is 0 Å². The summed E-state index contributed by atoms with van der Waals surface area (Å²) in [6.45, 7) is 4.21. The SMILES string of the molecule is CC(C)Cc1nnc(NC(=O)c2ccccc2SCC(N)=O)s1. The van der Waals surface area contributed by atoms with Crippen LogP contribution in [-0.4, -0.2) is 27.8 Å². The first-order valence-electron chi connectivity index (χ1n) is 7.09. The molecular formula is C15H18N4O2S2. The summed E-state index contributed by atoms with van der Waals surface area (Å²) >= 11 is 2.61. The maximum Gasteiger partial charge on any atom is 0.258 e. The lowest BCUT2D eigenvalue weighted by Crippen LogP contribution is -2.15. The lowest BCUT2D eigenvalue weighted by molar-refractivity contribution is -0.115. The van der Waals surface area contributed by atoms with E-state index >= 15 is 0 Å². The number of benzene rings is 1. The molecule has 0 aliphatic carbocycles. The number of nitrogens with one attached hydrogen (secondary N) is 1. The summed E-state index contributed by atoms with van der Waals surface area (Å²) in [6.07, 6.45) is 0.832. The van der Waals surface area contributed by atoms with Gasteiger partial charge in [-0.1, -0.05) is 37.3 Å². The molecule has 0 spiro atoms. The standard InChI is InChI=1S/C15H18N4O2S2/c1-9(2)7-13-18-19-15(23-13)17-14(21)10-5-3-4-6-11(10)22-8-12(16)20/h3-6,9H,7-8H2,1-2H3,(H2,16,20)(H,17,19,21). The smallest absolute Gasteiger partial charge is 0.258 e. The molecule has 0 radical (unpaired) electrons. The van der Waals surface area contributed by atoms with E-state index in [-0.39, 0.29) is 11.7 Å². The minimum atomic E-state index is -0.423. The second-order valence-corrected chi connectivity index (χ2v) is 7.38. The summed E-state index contributed by atoms with van der Waals surface area (Å²) in [5.41, 5.74) is 5.64. The number of amides is 2. The molecule has 0 saturated heterocycles. The fourth-order valence-corrected chi connectivity index (χ4v) is 3.56. The van der Waals surface area contributed by atoms with Crippen molar-refractivity contribution in [1.82, 2.24) is 10.2 Å². The third-order valence-corrected chi connectivity index (χ3v) is 4.73. The van der Waals surface area contributed by atoms with Gasteiger partial charge in [-0.25, -0.2) is 0 Å². The van der Waals surface area contributed by atoms with Crippen LogP contribution in [0.15, 0.2) is 29.2 Å². The van der Waals surface area contributed by atoms with Gasteiger partial charge >= 0.3 is 0 Å². The van der Waals surface area contributed by atoms with E-state index < -0.39 is 5.91 Å². The highest BCUT2D eigenvalue weighted by Crippen LogP contribution is 2.24. The van der Waals surface area contributed by atoms with Gasteiger partial charge in [-0.05, 0) is 18.1 Å². The number of carbonyl (C=O) groups excluding carboxylic acids is 2. The average Bonchev–Trinajstić information content (AvgIpc) is 2.91. The van der Waals surface area contributed by atoms with Crippen LogP contribution in [0.1, 0.15) is 29.2 Å². The van der Waals surface area contributed by atoms with Crippen molar-refractivity contribution >= 4 is 40.0 Å². The molecule has 6 nitrogen and oxygen atoms in total. The van der Waals surface area contributed by atoms with Gasteiger partial charge in [0.2, 0.25) is 11.0 Å². The molecule has 1 aromatic heterocycles. The van der Waals surface area contributed by atoms with Crippen LogP contribution in [0.3, 0.4) is 0 Å². The average molecular weight is 350 g/mol. The monoisotopic (exact) mass is 350 g/mol. The Morgan fingerprint density at radius 1 is 1.30 bits per heavy atom. The Labute approximate surface area is 142 Å². The van der Waals surface area contributed by atoms with Gasteiger partial charge in [0.25, 0.3) is 5.91 Å². The summed E-state index contributed by atoms with van der Waals surface area (Å²) in [4.78, 5) is 24.0. The lowest BCUT2D eigenvalue weighted by Gasteiger charge is -2.07. The Bertz CT molecular complexity index is 700. The van der Waals surface area contributed by atoms with E-state index in [4.69, 9.17) is 5.73 Å². The van der Waals surface area contributed by atoms with Gasteiger partial charge in [-0.3, -0.25) is 14.9 Å². The molecule has 0 aliphatic heterocycles. The van der Waals surface area contributed by atoms with Crippen molar-refractivity contribution in [2.75, 3.05) is 11.1 Å². The predicted octanol–water partition coefficient (Wildman–Crippen LogP) is 2.57. The first-order valence-corrected chi connectivity index (χ1v) is 8.89. The minimum absolute atomic E-state index is 0.127. The van der Waals surface area contributed by atoms with E-state index in [0.29, 0.717) is 21.5 Å². The maximum absolute atomic E-state index is 12.4. The van der Waals surface area contributed by atoms with Crippen molar-refractivity contribution in [3.8, 4) is 0 Å². The van der Waals surface area contributed by atoms with Crippen molar-refractivity contribution in [3.63, 3.8) is 0 Å². The van der Waals surface area contributed by atoms with E-state index in [1.54, 1.807) is 18.2 Å². The summed E-state index contributed by atoms with van der Waals surface area (Å²) in [7, 11) is 0. The quantitative estimate of drug-likeness (QED) is 0.748. The zero-order chi connectivity index (χ0) is 16.8. The molecule has 0 bridgehead atoms. The molecule has 0 saturated carbocycles. The fourth-order valence-electron chi connectivity index (χ4n) is 1.83. The van der Waals surface area contributed by atoms with Crippen molar-refractivity contribution in [2.24, 2.45) is 11.7 Å². The van der Waals surface area contributed by atoms with E-state index in [9.17, 15) is 9.59 Å². The molecule has 8 heteroatoms. The number of carbonyl (C=O) groups is 2. The third-order valence-electron chi connectivity index (χ3n) is 2.77. The molecule has 1 heterocycles. The second kappa shape index (κ2) is 8.07. The van der Waals surface area contributed by atoms with Crippen LogP contribution in [0.25, 0.3) is 0 Å². The lowest BCUT2D eigenvalue weighted by atomic mass is 10.1. The molecular weight excluding hydrogens is 332 g/mol. The Morgan fingerprint density at radius 3 is 2.74 bits per heavy atom. The third kappa shape index (κ3) is 5.33. The van der Waals surface area contributed by atoms with Crippen LogP contribution in [0.5, 0.6) is 0 Å². The Hall–Kier alpha value is -1.93. The number of anilines is 1. The molecule has 3 N–H and O–H groups in total. The highest BCUT2D eigenvalue weighted by molar-refractivity contribution is 8.00. The highest BCUT2D eigenvalue weighted by Gasteiger charge is 2.15. The molecule has 0 atom stereocenters. The van der Waals surface area contributed by atoms with Gasteiger partial charge < -0.3 is 5.73 Å². The van der Waals surface area contributed by atoms with Crippen LogP contribution in [-0.2, 0) is 11.2 Å². The van der Waals surface area contributed by atoms with E-state index in [1.165, 1.54) is 23.1 Å². The molecule has 0 unspecified atom stereocenters. The minimum Gasteiger partial charge on any atom is -0.369 e. The van der Waals surface area contributed by atoms with E-state index in [2.05, 4.69) is 29.4 Å². The van der Waals surface area contributed by atoms with Crippen molar-refractivity contribution in [1.29, 1.82) is 0 Å². The molecule has 2 amide bonds. The zero-order valence-electron chi connectivity index (χ0n) is 12.9.